The van der Waals surface area contributed by atoms with Crippen LogP contribution in [-0.2, 0) is 6.42 Å². The first-order valence-electron chi connectivity index (χ1n) is 4.80. The molecule has 1 aromatic carbocycles. The van der Waals surface area contributed by atoms with E-state index in [-0.39, 0.29) is 5.82 Å². The Hall–Kier alpha value is -1.42. The second-order valence-corrected chi connectivity index (χ2v) is 4.38. The van der Waals surface area contributed by atoms with E-state index in [9.17, 15) is 4.39 Å². The molecule has 0 fully saturated rings. The summed E-state index contributed by atoms with van der Waals surface area (Å²) in [5.74, 6) is 0.211. The highest BCUT2D eigenvalue weighted by Crippen LogP contribution is 2.19. The van der Waals surface area contributed by atoms with Gasteiger partial charge in [0.05, 0.1) is 0 Å². The molecule has 0 saturated carbocycles. The zero-order valence-electron chi connectivity index (χ0n) is 8.45. The van der Waals surface area contributed by atoms with Crippen LogP contribution in [0.4, 0.5) is 10.2 Å². The van der Waals surface area contributed by atoms with Gasteiger partial charge in [-0.2, -0.15) is 0 Å². The Morgan fingerprint density at radius 1 is 1.25 bits per heavy atom. The van der Waals surface area contributed by atoms with Gasteiger partial charge in [0, 0.05) is 17.1 Å². The van der Waals surface area contributed by atoms with Crippen molar-refractivity contribution in [2.75, 3.05) is 5.73 Å². The van der Waals surface area contributed by atoms with Crippen LogP contribution in [0.25, 0.3) is 0 Å². The zero-order valence-corrected chi connectivity index (χ0v) is 10.0. The maximum atomic E-state index is 13.6. The Morgan fingerprint density at radius 3 is 2.75 bits per heavy atom. The molecule has 0 spiro atoms. The standard InChI is InChI=1S/C12H10BrFN2/c13-10-4-3-8(11(14)7-10)6-9-2-1-5-16-12(9)15/h1-5,7H,6H2,(H2,15,16). The summed E-state index contributed by atoms with van der Waals surface area (Å²) in [5.41, 5.74) is 7.16. The molecule has 0 atom stereocenters. The fraction of sp³-hybridized carbons (Fsp3) is 0.0833. The molecule has 0 bridgehead atoms. The maximum Gasteiger partial charge on any atom is 0.127 e. The van der Waals surface area contributed by atoms with Crippen molar-refractivity contribution in [3.63, 3.8) is 0 Å². The summed E-state index contributed by atoms with van der Waals surface area (Å²) in [6, 6.07) is 8.64. The number of nitrogens with zero attached hydrogens (tertiary/aromatic N) is 1. The van der Waals surface area contributed by atoms with Crippen molar-refractivity contribution in [2.45, 2.75) is 6.42 Å². The number of nitrogens with two attached hydrogens (primary N) is 1. The van der Waals surface area contributed by atoms with E-state index in [1.54, 1.807) is 18.3 Å². The average molecular weight is 281 g/mol. The highest BCUT2D eigenvalue weighted by Gasteiger charge is 2.06. The molecule has 16 heavy (non-hydrogen) atoms. The van der Waals surface area contributed by atoms with Gasteiger partial charge in [-0.3, -0.25) is 0 Å². The smallest absolute Gasteiger partial charge is 0.127 e. The first kappa shape index (κ1) is 11.1. The monoisotopic (exact) mass is 280 g/mol. The lowest BCUT2D eigenvalue weighted by molar-refractivity contribution is 0.613. The molecule has 82 valence electrons. The number of rotatable bonds is 2. The van der Waals surface area contributed by atoms with E-state index in [2.05, 4.69) is 20.9 Å². The Bertz CT molecular complexity index is 514. The molecular formula is C12H10BrFN2. The first-order chi connectivity index (χ1) is 7.66. The SMILES string of the molecule is Nc1ncccc1Cc1ccc(Br)cc1F. The van der Waals surface area contributed by atoms with Gasteiger partial charge in [-0.05, 0) is 29.3 Å². The van der Waals surface area contributed by atoms with E-state index in [1.807, 2.05) is 12.1 Å². The van der Waals surface area contributed by atoms with Crippen LogP contribution in [0, 0.1) is 5.82 Å². The number of anilines is 1. The fourth-order valence-corrected chi connectivity index (χ4v) is 1.80. The van der Waals surface area contributed by atoms with Crippen LogP contribution in [-0.4, -0.2) is 4.98 Å². The summed E-state index contributed by atoms with van der Waals surface area (Å²) < 4.78 is 14.3. The van der Waals surface area contributed by atoms with Gasteiger partial charge in [0.25, 0.3) is 0 Å². The molecule has 0 amide bonds. The third kappa shape index (κ3) is 2.39. The number of hydrogen-bond donors (Lipinski definition) is 1. The molecule has 1 aromatic heterocycles. The molecule has 0 radical (unpaired) electrons. The van der Waals surface area contributed by atoms with Crippen LogP contribution >= 0.6 is 15.9 Å². The third-order valence-corrected chi connectivity index (χ3v) is 2.82. The Kier molecular flexibility index (Phi) is 3.19. The normalized spacial score (nSPS) is 10.4. The Morgan fingerprint density at radius 2 is 2.06 bits per heavy atom. The van der Waals surface area contributed by atoms with Crippen molar-refractivity contribution in [3.05, 3.63) is 57.9 Å². The van der Waals surface area contributed by atoms with E-state index < -0.39 is 0 Å². The second kappa shape index (κ2) is 4.61. The lowest BCUT2D eigenvalue weighted by Gasteiger charge is -2.05. The predicted molar refractivity (Wildman–Crippen MR) is 65.6 cm³/mol. The lowest BCUT2D eigenvalue weighted by atomic mass is 10.1. The van der Waals surface area contributed by atoms with Crippen molar-refractivity contribution in [2.24, 2.45) is 0 Å². The van der Waals surface area contributed by atoms with Crippen molar-refractivity contribution in [1.29, 1.82) is 0 Å². The molecule has 2 N–H and O–H groups in total. The molecule has 2 aromatic rings. The Labute approximate surface area is 101 Å². The number of aromatic nitrogens is 1. The molecular weight excluding hydrogens is 271 g/mol. The molecule has 0 aliphatic heterocycles. The van der Waals surface area contributed by atoms with Gasteiger partial charge in [-0.25, -0.2) is 9.37 Å². The predicted octanol–water partition coefficient (Wildman–Crippen LogP) is 3.16. The number of nitrogen functional groups attached to an aromatic ring is 1. The average Bonchev–Trinajstić information content (AvgIpc) is 2.25. The molecule has 0 saturated heterocycles. The van der Waals surface area contributed by atoms with Crippen molar-refractivity contribution in [3.8, 4) is 0 Å². The molecule has 2 rings (SSSR count). The minimum Gasteiger partial charge on any atom is -0.383 e. The van der Waals surface area contributed by atoms with Gasteiger partial charge in [0.1, 0.15) is 11.6 Å². The summed E-state index contributed by atoms with van der Waals surface area (Å²) in [4.78, 5) is 3.97. The number of benzene rings is 1. The molecule has 0 aliphatic rings. The zero-order chi connectivity index (χ0) is 11.5. The second-order valence-electron chi connectivity index (χ2n) is 3.46. The quantitative estimate of drug-likeness (QED) is 0.918. The van der Waals surface area contributed by atoms with Crippen molar-refractivity contribution < 1.29 is 4.39 Å². The summed E-state index contributed by atoms with van der Waals surface area (Å²) in [6.07, 6.45) is 2.08. The first-order valence-corrected chi connectivity index (χ1v) is 5.59. The number of hydrogen-bond acceptors (Lipinski definition) is 2. The topological polar surface area (TPSA) is 38.9 Å². The largest absolute Gasteiger partial charge is 0.383 e. The van der Waals surface area contributed by atoms with Gasteiger partial charge in [0.15, 0.2) is 0 Å². The third-order valence-electron chi connectivity index (χ3n) is 2.32. The summed E-state index contributed by atoms with van der Waals surface area (Å²) in [5, 5.41) is 0. The minimum absolute atomic E-state index is 0.238. The summed E-state index contributed by atoms with van der Waals surface area (Å²) in [7, 11) is 0. The number of halogens is 2. The highest BCUT2D eigenvalue weighted by molar-refractivity contribution is 9.10. The molecule has 0 aliphatic carbocycles. The number of pyridine rings is 1. The van der Waals surface area contributed by atoms with Crippen LogP contribution < -0.4 is 5.73 Å². The van der Waals surface area contributed by atoms with E-state index in [4.69, 9.17) is 5.73 Å². The minimum atomic E-state index is -0.238. The van der Waals surface area contributed by atoms with Crippen molar-refractivity contribution in [1.82, 2.24) is 4.98 Å². The van der Waals surface area contributed by atoms with Crippen molar-refractivity contribution >= 4 is 21.7 Å². The van der Waals surface area contributed by atoms with Gasteiger partial charge in [-0.15, -0.1) is 0 Å². The van der Waals surface area contributed by atoms with Gasteiger partial charge in [0.2, 0.25) is 0 Å². The van der Waals surface area contributed by atoms with Crippen LogP contribution in [0.1, 0.15) is 11.1 Å². The van der Waals surface area contributed by atoms with Gasteiger partial charge in [-0.1, -0.05) is 28.1 Å². The van der Waals surface area contributed by atoms with E-state index in [1.165, 1.54) is 6.07 Å². The molecule has 4 heteroatoms. The van der Waals surface area contributed by atoms with E-state index in [0.717, 1.165) is 10.0 Å². The summed E-state index contributed by atoms with van der Waals surface area (Å²) in [6.45, 7) is 0. The fourth-order valence-electron chi connectivity index (χ4n) is 1.47. The van der Waals surface area contributed by atoms with Crippen LogP contribution in [0.15, 0.2) is 41.0 Å². The molecule has 2 nitrogen and oxygen atoms in total. The van der Waals surface area contributed by atoms with E-state index >= 15 is 0 Å². The van der Waals surface area contributed by atoms with E-state index in [0.29, 0.717) is 17.8 Å². The highest BCUT2D eigenvalue weighted by atomic mass is 79.9. The maximum absolute atomic E-state index is 13.6. The van der Waals surface area contributed by atoms with Crippen LogP contribution in [0.2, 0.25) is 0 Å². The lowest BCUT2D eigenvalue weighted by Crippen LogP contribution is -1.99. The van der Waals surface area contributed by atoms with Crippen LogP contribution in [0.5, 0.6) is 0 Å². The molecule has 0 unspecified atom stereocenters. The van der Waals surface area contributed by atoms with Gasteiger partial charge < -0.3 is 5.73 Å². The molecule has 1 heterocycles. The Balaban J connectivity index is 2.31. The van der Waals surface area contributed by atoms with Crippen LogP contribution in [0.3, 0.4) is 0 Å². The summed E-state index contributed by atoms with van der Waals surface area (Å²) >= 11 is 3.22. The van der Waals surface area contributed by atoms with Gasteiger partial charge >= 0.3 is 0 Å².